The van der Waals surface area contributed by atoms with E-state index in [9.17, 15) is 14.0 Å². The van der Waals surface area contributed by atoms with Gasteiger partial charge in [0.2, 0.25) is 11.8 Å². The smallest absolute Gasteiger partial charge is 0.230 e. The lowest BCUT2D eigenvalue weighted by atomic mass is 10.0. The first kappa shape index (κ1) is 20.4. The second kappa shape index (κ2) is 8.18. The molecule has 1 aromatic carbocycles. The van der Waals surface area contributed by atoms with Crippen molar-refractivity contribution in [2.75, 3.05) is 13.1 Å². The minimum absolute atomic E-state index is 0.146. The molecule has 2 unspecified atom stereocenters. The van der Waals surface area contributed by atoms with Crippen molar-refractivity contribution >= 4 is 45.0 Å². The van der Waals surface area contributed by atoms with Crippen LogP contribution in [0.3, 0.4) is 0 Å². The number of ether oxygens (including phenoxy) is 1. The Labute approximate surface area is 187 Å². The van der Waals surface area contributed by atoms with Crippen LogP contribution in [0.1, 0.15) is 17.7 Å². The summed E-state index contributed by atoms with van der Waals surface area (Å²) < 4.78 is 21.0. The van der Waals surface area contributed by atoms with Gasteiger partial charge in [0.15, 0.2) is 6.17 Å². The minimum atomic E-state index is -1.08. The Morgan fingerprint density at radius 3 is 2.71 bits per heavy atom. The lowest BCUT2D eigenvalue weighted by Gasteiger charge is -2.18. The molecule has 2 atom stereocenters. The molecule has 2 aromatic heterocycles. The predicted octanol–water partition coefficient (Wildman–Crippen LogP) is 3.95. The molecular formula is C22H19ClFN3O3S. The normalized spacial score (nSPS) is 21.4. The number of halogens is 2. The molecule has 0 saturated carbocycles. The zero-order chi connectivity index (χ0) is 21.5. The van der Waals surface area contributed by atoms with Crippen LogP contribution in [0.15, 0.2) is 36.5 Å². The number of hydrogen-bond acceptors (Lipinski definition) is 6. The molecule has 2 saturated heterocycles. The molecule has 0 aliphatic carbocycles. The van der Waals surface area contributed by atoms with Crippen LogP contribution in [0.4, 0.5) is 4.39 Å². The Bertz CT molecular complexity index is 1170. The monoisotopic (exact) mass is 459 g/mol. The summed E-state index contributed by atoms with van der Waals surface area (Å²) >= 11 is 7.75. The van der Waals surface area contributed by atoms with Crippen molar-refractivity contribution in [3.05, 3.63) is 46.4 Å². The highest BCUT2D eigenvalue weighted by Gasteiger charge is 2.30. The second-order valence-electron chi connectivity index (χ2n) is 7.63. The van der Waals surface area contributed by atoms with Crippen LogP contribution in [0.25, 0.3) is 21.3 Å². The van der Waals surface area contributed by atoms with E-state index in [-0.39, 0.29) is 37.7 Å². The highest BCUT2D eigenvalue weighted by atomic mass is 35.5. The number of hydrogen-bond donors (Lipinski definition) is 1. The molecule has 4 heterocycles. The van der Waals surface area contributed by atoms with Gasteiger partial charge in [-0.3, -0.25) is 19.5 Å². The quantitative estimate of drug-likeness (QED) is 0.585. The van der Waals surface area contributed by atoms with Crippen LogP contribution < -0.4 is 10.1 Å². The topological polar surface area (TPSA) is 71.5 Å². The molecule has 6 nitrogen and oxygen atoms in total. The van der Waals surface area contributed by atoms with Gasteiger partial charge in [0.05, 0.1) is 16.8 Å². The summed E-state index contributed by atoms with van der Waals surface area (Å²) in [6.07, 6.45) is 0.581. The van der Waals surface area contributed by atoms with Gasteiger partial charge in [-0.2, -0.15) is 0 Å². The number of nitrogens with zero attached hydrogens (tertiary/aromatic N) is 2. The van der Waals surface area contributed by atoms with Crippen LogP contribution >= 0.6 is 22.9 Å². The van der Waals surface area contributed by atoms with Gasteiger partial charge in [-0.25, -0.2) is 4.39 Å². The fourth-order valence-electron chi connectivity index (χ4n) is 3.95. The Morgan fingerprint density at radius 2 is 1.97 bits per heavy atom. The number of aromatic nitrogens is 1. The highest BCUT2D eigenvalue weighted by Crippen LogP contribution is 2.40. The summed E-state index contributed by atoms with van der Waals surface area (Å²) in [4.78, 5) is 30.6. The molecule has 5 rings (SSSR count). The maximum absolute atomic E-state index is 14.1. The number of likely N-dealkylation sites (tertiary alicyclic amines) is 1. The average Bonchev–Trinajstić information content (AvgIpc) is 3.44. The SMILES string of the molecule is O=C1CCC(=O)N1Cc1cc2nccc(-c3cc(Cl)ccc3OC3CNCC3F)c2s1. The molecule has 2 aliphatic rings. The maximum atomic E-state index is 14.1. The first-order valence-electron chi connectivity index (χ1n) is 10.0. The highest BCUT2D eigenvalue weighted by molar-refractivity contribution is 7.19. The summed E-state index contributed by atoms with van der Waals surface area (Å²) in [6.45, 7) is 0.958. The lowest BCUT2D eigenvalue weighted by molar-refractivity contribution is -0.138. The first-order chi connectivity index (χ1) is 15.0. The van der Waals surface area contributed by atoms with E-state index >= 15 is 0 Å². The minimum Gasteiger partial charge on any atom is -0.485 e. The molecule has 2 aliphatic heterocycles. The van der Waals surface area contributed by atoms with Crippen LogP contribution in [0, 0.1) is 0 Å². The zero-order valence-corrected chi connectivity index (χ0v) is 18.0. The van der Waals surface area contributed by atoms with Gasteiger partial charge in [0, 0.05) is 53.2 Å². The number of fused-ring (bicyclic) bond motifs is 1. The summed E-state index contributed by atoms with van der Waals surface area (Å²) in [5.41, 5.74) is 2.37. The number of carbonyl (C=O) groups excluding carboxylic acids is 2. The zero-order valence-electron chi connectivity index (χ0n) is 16.4. The van der Waals surface area contributed by atoms with Gasteiger partial charge in [0.25, 0.3) is 0 Å². The second-order valence-corrected chi connectivity index (χ2v) is 9.20. The number of thiophene rings is 1. The number of imide groups is 1. The summed E-state index contributed by atoms with van der Waals surface area (Å²) in [6, 6.07) is 9.04. The van der Waals surface area contributed by atoms with Crippen molar-refractivity contribution in [1.29, 1.82) is 0 Å². The third-order valence-corrected chi connectivity index (χ3v) is 6.91. The molecule has 2 amide bonds. The van der Waals surface area contributed by atoms with Gasteiger partial charge in [-0.05, 0) is 30.3 Å². The van der Waals surface area contributed by atoms with Gasteiger partial charge in [0.1, 0.15) is 11.9 Å². The van der Waals surface area contributed by atoms with E-state index in [0.29, 0.717) is 17.3 Å². The molecule has 0 bridgehead atoms. The lowest BCUT2D eigenvalue weighted by Crippen LogP contribution is -2.27. The van der Waals surface area contributed by atoms with Crippen molar-refractivity contribution in [3.63, 3.8) is 0 Å². The number of carbonyl (C=O) groups is 2. The number of amides is 2. The number of rotatable bonds is 5. The molecule has 0 radical (unpaired) electrons. The third kappa shape index (κ3) is 3.91. The van der Waals surface area contributed by atoms with Gasteiger partial charge in [-0.15, -0.1) is 11.3 Å². The predicted molar refractivity (Wildman–Crippen MR) is 117 cm³/mol. The van der Waals surface area contributed by atoms with Crippen molar-refractivity contribution in [2.45, 2.75) is 31.7 Å². The van der Waals surface area contributed by atoms with E-state index in [1.807, 2.05) is 12.1 Å². The molecule has 0 spiro atoms. The Hall–Kier alpha value is -2.55. The van der Waals surface area contributed by atoms with Crippen LogP contribution in [0.2, 0.25) is 5.02 Å². The summed E-state index contributed by atoms with van der Waals surface area (Å²) in [7, 11) is 0. The van der Waals surface area contributed by atoms with Gasteiger partial charge in [-0.1, -0.05) is 11.6 Å². The van der Waals surface area contributed by atoms with E-state index in [4.69, 9.17) is 16.3 Å². The Kier molecular flexibility index (Phi) is 5.37. The first-order valence-corrected chi connectivity index (χ1v) is 11.2. The van der Waals surface area contributed by atoms with Gasteiger partial charge >= 0.3 is 0 Å². The molecule has 2 fully saturated rings. The van der Waals surface area contributed by atoms with E-state index in [2.05, 4.69) is 10.3 Å². The molecule has 1 N–H and O–H groups in total. The molecule has 160 valence electrons. The van der Waals surface area contributed by atoms with E-state index in [1.54, 1.807) is 24.4 Å². The average molecular weight is 460 g/mol. The Balaban J connectivity index is 1.53. The number of benzene rings is 1. The molecule has 9 heteroatoms. The van der Waals surface area contributed by atoms with Crippen molar-refractivity contribution < 1.29 is 18.7 Å². The van der Waals surface area contributed by atoms with Gasteiger partial charge < -0.3 is 10.1 Å². The number of nitrogens with one attached hydrogen (secondary N) is 1. The fourth-order valence-corrected chi connectivity index (χ4v) is 5.25. The number of alkyl halides is 1. The van der Waals surface area contributed by atoms with E-state index in [0.717, 1.165) is 26.2 Å². The molecule has 3 aromatic rings. The van der Waals surface area contributed by atoms with Crippen LogP contribution in [-0.2, 0) is 16.1 Å². The van der Waals surface area contributed by atoms with Crippen LogP contribution in [0.5, 0.6) is 5.75 Å². The molecular weight excluding hydrogens is 441 g/mol. The largest absolute Gasteiger partial charge is 0.485 e. The summed E-state index contributed by atoms with van der Waals surface area (Å²) in [5.74, 6) is 0.257. The van der Waals surface area contributed by atoms with Crippen LogP contribution in [-0.4, -0.2) is 47.1 Å². The Morgan fingerprint density at radius 1 is 1.16 bits per heavy atom. The standard InChI is InChI=1S/C22H19ClFN3O3S/c23-12-1-2-18(30-19-10-25-9-16(19)24)15(7-12)14-5-6-26-17-8-13(31-22(14)17)11-27-20(28)3-4-21(27)29/h1-2,5-8,16,19,25H,3-4,9-11H2. The molecule has 31 heavy (non-hydrogen) atoms. The van der Waals surface area contributed by atoms with Crippen molar-refractivity contribution in [2.24, 2.45) is 0 Å². The van der Waals surface area contributed by atoms with E-state index < -0.39 is 12.3 Å². The summed E-state index contributed by atoms with van der Waals surface area (Å²) in [5, 5.41) is 3.53. The third-order valence-electron chi connectivity index (χ3n) is 5.53. The maximum Gasteiger partial charge on any atom is 0.230 e. The van der Waals surface area contributed by atoms with Crippen molar-refractivity contribution in [3.8, 4) is 16.9 Å². The fraction of sp³-hybridized carbons (Fsp3) is 0.318. The van der Waals surface area contributed by atoms with E-state index in [1.165, 1.54) is 16.2 Å². The van der Waals surface area contributed by atoms with Crippen molar-refractivity contribution in [1.82, 2.24) is 15.2 Å². The number of pyridine rings is 1.